The van der Waals surface area contributed by atoms with E-state index in [9.17, 15) is 4.79 Å². The number of hydrogen-bond acceptors (Lipinski definition) is 6. The molecule has 2 atom stereocenters. The molecule has 2 unspecified atom stereocenters. The van der Waals surface area contributed by atoms with Crippen molar-refractivity contribution < 1.29 is 4.79 Å². The van der Waals surface area contributed by atoms with E-state index < -0.39 is 0 Å². The molecule has 182 valence electrons. The molecule has 0 radical (unpaired) electrons. The number of piperazine rings is 1. The van der Waals surface area contributed by atoms with Crippen LogP contribution < -0.4 is 15.5 Å². The minimum atomic E-state index is -0.172. The number of aromatic nitrogens is 4. The number of aryl methyl sites for hydroxylation is 1. The van der Waals surface area contributed by atoms with Crippen molar-refractivity contribution in [2.45, 2.75) is 39.4 Å². The first-order valence-electron chi connectivity index (χ1n) is 12.4. The van der Waals surface area contributed by atoms with Gasteiger partial charge in [0.25, 0.3) is 5.91 Å². The summed E-state index contributed by atoms with van der Waals surface area (Å²) in [7, 11) is 0. The van der Waals surface area contributed by atoms with Gasteiger partial charge in [-0.25, -0.2) is 9.97 Å². The third kappa shape index (κ3) is 3.93. The maximum Gasteiger partial charge on any atom is 0.255 e. The first-order valence-corrected chi connectivity index (χ1v) is 12.4. The molecule has 1 saturated heterocycles. The van der Waals surface area contributed by atoms with Gasteiger partial charge in [0.2, 0.25) is 0 Å². The van der Waals surface area contributed by atoms with E-state index in [-0.39, 0.29) is 5.91 Å². The standard InChI is InChI=1S/C28H29N7O/c1-17-11-25(34-15-18(2)31-19(3)16-34)21-12-22(28(36)30-14-20-7-6-10-29-13-20)27-33-23-8-4-5-9-24(23)35(27)26(21)32-17/h4-13,18-19,31H,14-16H2,1-3H3,(H,30,36). The Bertz CT molecular complexity index is 1580. The number of nitrogens with one attached hydrogen (secondary N) is 2. The molecule has 1 fully saturated rings. The van der Waals surface area contributed by atoms with Crippen LogP contribution in [0.4, 0.5) is 5.69 Å². The second-order valence-electron chi connectivity index (χ2n) is 9.76. The van der Waals surface area contributed by atoms with E-state index in [0.717, 1.165) is 52.1 Å². The number of hydrogen-bond donors (Lipinski definition) is 2. The Balaban J connectivity index is 1.56. The molecule has 1 amide bonds. The zero-order chi connectivity index (χ0) is 24.8. The van der Waals surface area contributed by atoms with Crippen LogP contribution in [0.2, 0.25) is 0 Å². The largest absolute Gasteiger partial charge is 0.368 e. The van der Waals surface area contributed by atoms with Crippen LogP contribution in [0.5, 0.6) is 0 Å². The molecule has 0 spiro atoms. The van der Waals surface area contributed by atoms with Crippen LogP contribution in [0.15, 0.2) is 60.9 Å². The van der Waals surface area contributed by atoms with Crippen LogP contribution in [0.1, 0.15) is 35.5 Å². The van der Waals surface area contributed by atoms with Gasteiger partial charge in [-0.2, -0.15) is 0 Å². The highest BCUT2D eigenvalue weighted by Crippen LogP contribution is 2.33. The SMILES string of the molecule is Cc1cc(N2CC(C)NC(C)C2)c2cc(C(=O)NCc3cccnc3)c3nc4ccccc4n3c2n1. The Morgan fingerprint density at radius 1 is 1.06 bits per heavy atom. The quantitative estimate of drug-likeness (QED) is 0.407. The van der Waals surface area contributed by atoms with E-state index in [1.54, 1.807) is 12.4 Å². The van der Waals surface area contributed by atoms with E-state index >= 15 is 0 Å². The summed E-state index contributed by atoms with van der Waals surface area (Å²) in [6.07, 6.45) is 3.49. The molecule has 2 N–H and O–H groups in total. The van der Waals surface area contributed by atoms with Crippen molar-refractivity contribution in [3.05, 3.63) is 77.7 Å². The third-order valence-electron chi connectivity index (χ3n) is 6.77. The molecule has 1 aliphatic heterocycles. The lowest BCUT2D eigenvalue weighted by molar-refractivity contribution is 0.0952. The summed E-state index contributed by atoms with van der Waals surface area (Å²) < 4.78 is 2.04. The summed E-state index contributed by atoms with van der Waals surface area (Å²) in [5.41, 5.74) is 6.70. The van der Waals surface area contributed by atoms with Crippen LogP contribution in [-0.4, -0.2) is 50.4 Å². The lowest BCUT2D eigenvalue weighted by atomic mass is 10.1. The van der Waals surface area contributed by atoms with E-state index in [2.05, 4.69) is 40.4 Å². The number of amides is 1. The van der Waals surface area contributed by atoms with Gasteiger partial charge in [-0.05, 0) is 56.7 Å². The minimum Gasteiger partial charge on any atom is -0.368 e. The Labute approximate surface area is 209 Å². The van der Waals surface area contributed by atoms with Gasteiger partial charge in [-0.3, -0.25) is 14.2 Å². The normalized spacial score (nSPS) is 18.2. The number of fused-ring (bicyclic) bond motifs is 5. The van der Waals surface area contributed by atoms with Crippen LogP contribution in [0, 0.1) is 6.92 Å². The van der Waals surface area contributed by atoms with Gasteiger partial charge in [0.05, 0.1) is 16.6 Å². The first-order chi connectivity index (χ1) is 17.5. The highest BCUT2D eigenvalue weighted by molar-refractivity contribution is 6.07. The van der Waals surface area contributed by atoms with Crippen LogP contribution in [0.3, 0.4) is 0 Å². The number of benzene rings is 1. The zero-order valence-corrected chi connectivity index (χ0v) is 20.7. The Hall–Kier alpha value is -4.04. The molecule has 8 nitrogen and oxygen atoms in total. The lowest BCUT2D eigenvalue weighted by Gasteiger charge is -2.38. The maximum atomic E-state index is 13.6. The van der Waals surface area contributed by atoms with Gasteiger partial charge in [0.15, 0.2) is 5.65 Å². The number of carbonyl (C=O) groups is 1. The van der Waals surface area contributed by atoms with Gasteiger partial charge in [0.1, 0.15) is 5.65 Å². The van der Waals surface area contributed by atoms with Crippen LogP contribution in [0.25, 0.3) is 27.7 Å². The molecule has 0 saturated carbocycles. The fourth-order valence-electron chi connectivity index (χ4n) is 5.32. The van der Waals surface area contributed by atoms with Crippen molar-refractivity contribution >= 4 is 39.3 Å². The number of rotatable bonds is 4. The molecule has 36 heavy (non-hydrogen) atoms. The second-order valence-corrected chi connectivity index (χ2v) is 9.76. The number of anilines is 1. The number of imidazole rings is 1. The fraction of sp³-hybridized carbons (Fsp3) is 0.286. The number of carbonyl (C=O) groups excluding carboxylic acids is 1. The number of para-hydroxylation sites is 2. The second kappa shape index (κ2) is 8.87. The highest BCUT2D eigenvalue weighted by Gasteiger charge is 2.25. The van der Waals surface area contributed by atoms with Crippen molar-refractivity contribution in [3.63, 3.8) is 0 Å². The van der Waals surface area contributed by atoms with Gasteiger partial charge >= 0.3 is 0 Å². The summed E-state index contributed by atoms with van der Waals surface area (Å²) in [4.78, 5) is 30.0. The first kappa shape index (κ1) is 22.4. The number of nitrogens with zero attached hydrogens (tertiary/aromatic N) is 5. The molecule has 6 rings (SSSR count). The Kier molecular flexibility index (Phi) is 5.53. The zero-order valence-electron chi connectivity index (χ0n) is 20.7. The molecular formula is C28H29N7O. The van der Waals surface area contributed by atoms with E-state index in [0.29, 0.717) is 29.8 Å². The van der Waals surface area contributed by atoms with Crippen molar-refractivity contribution in [1.82, 2.24) is 30.0 Å². The predicted octanol–water partition coefficient (Wildman–Crippen LogP) is 3.86. The van der Waals surface area contributed by atoms with Gasteiger partial charge in [-0.15, -0.1) is 0 Å². The Morgan fingerprint density at radius 3 is 2.64 bits per heavy atom. The van der Waals surface area contributed by atoms with Gasteiger partial charge < -0.3 is 15.5 Å². The summed E-state index contributed by atoms with van der Waals surface area (Å²) in [6, 6.07) is 16.6. The lowest BCUT2D eigenvalue weighted by Crippen LogP contribution is -2.54. The third-order valence-corrected chi connectivity index (χ3v) is 6.77. The van der Waals surface area contributed by atoms with E-state index in [1.165, 1.54) is 0 Å². The molecule has 1 aliphatic rings. The maximum absolute atomic E-state index is 13.6. The molecule has 0 aliphatic carbocycles. The summed E-state index contributed by atoms with van der Waals surface area (Å²) in [5.74, 6) is -0.172. The topological polar surface area (TPSA) is 87.5 Å². The molecule has 4 aromatic heterocycles. The average molecular weight is 480 g/mol. The van der Waals surface area contributed by atoms with Crippen LogP contribution >= 0.6 is 0 Å². The average Bonchev–Trinajstić information content (AvgIpc) is 3.26. The predicted molar refractivity (Wildman–Crippen MR) is 142 cm³/mol. The fourth-order valence-corrected chi connectivity index (χ4v) is 5.32. The number of pyridine rings is 3. The molecule has 5 aromatic rings. The molecule has 0 bridgehead atoms. The van der Waals surface area contributed by atoms with Crippen molar-refractivity contribution in [2.75, 3.05) is 18.0 Å². The van der Waals surface area contributed by atoms with Crippen molar-refractivity contribution in [3.8, 4) is 0 Å². The van der Waals surface area contributed by atoms with Crippen molar-refractivity contribution in [2.24, 2.45) is 0 Å². The molecule has 8 heteroatoms. The molecular weight excluding hydrogens is 450 g/mol. The smallest absolute Gasteiger partial charge is 0.255 e. The Morgan fingerprint density at radius 2 is 1.86 bits per heavy atom. The minimum absolute atomic E-state index is 0.172. The van der Waals surface area contributed by atoms with Crippen molar-refractivity contribution in [1.29, 1.82) is 0 Å². The van der Waals surface area contributed by atoms with Gasteiger partial charge in [-0.1, -0.05) is 18.2 Å². The summed E-state index contributed by atoms with van der Waals surface area (Å²) >= 11 is 0. The molecule has 5 heterocycles. The summed E-state index contributed by atoms with van der Waals surface area (Å²) in [6.45, 7) is 8.60. The highest BCUT2D eigenvalue weighted by atomic mass is 16.1. The van der Waals surface area contributed by atoms with Gasteiger partial charge in [0, 0.05) is 60.9 Å². The van der Waals surface area contributed by atoms with Crippen LogP contribution in [-0.2, 0) is 6.54 Å². The molecule has 1 aromatic carbocycles. The van der Waals surface area contributed by atoms with E-state index in [1.807, 2.05) is 53.8 Å². The monoisotopic (exact) mass is 479 g/mol. The van der Waals surface area contributed by atoms with E-state index in [4.69, 9.17) is 9.97 Å². The summed E-state index contributed by atoms with van der Waals surface area (Å²) in [5, 5.41) is 7.62.